The molecule has 0 saturated carbocycles. The second kappa shape index (κ2) is 9.01. The molecule has 0 aromatic heterocycles. The van der Waals surface area contributed by atoms with E-state index in [4.69, 9.17) is 4.74 Å². The van der Waals surface area contributed by atoms with Gasteiger partial charge in [0.1, 0.15) is 0 Å². The molecule has 3 rings (SSSR count). The number of benzene rings is 1. The van der Waals surface area contributed by atoms with Crippen LogP contribution < -0.4 is 0 Å². The van der Waals surface area contributed by atoms with E-state index >= 15 is 0 Å². The molecular formula is C22H34N2O2. The number of morpholine rings is 1. The van der Waals surface area contributed by atoms with Crippen molar-refractivity contribution in [2.45, 2.75) is 51.5 Å². The number of hydrogen-bond acceptors (Lipinski definition) is 3. The summed E-state index contributed by atoms with van der Waals surface area (Å²) in [5.41, 5.74) is 1.37. The summed E-state index contributed by atoms with van der Waals surface area (Å²) >= 11 is 0. The van der Waals surface area contributed by atoms with Gasteiger partial charge in [0.15, 0.2) is 0 Å². The first-order chi connectivity index (χ1) is 12.6. The Morgan fingerprint density at radius 2 is 1.88 bits per heavy atom. The predicted octanol–water partition coefficient (Wildman–Crippen LogP) is 3.36. The summed E-state index contributed by atoms with van der Waals surface area (Å²) < 4.78 is 5.81. The van der Waals surface area contributed by atoms with E-state index in [0.29, 0.717) is 31.5 Å². The molecule has 2 aliphatic heterocycles. The topological polar surface area (TPSA) is 32.8 Å². The Kier molecular flexibility index (Phi) is 6.71. The maximum atomic E-state index is 12.7. The number of carbonyl (C=O) groups excluding carboxylic acids is 1. The number of hydrogen-bond donors (Lipinski definition) is 0. The summed E-state index contributed by atoms with van der Waals surface area (Å²) in [6.07, 6.45) is 5.08. The van der Waals surface area contributed by atoms with Crippen molar-refractivity contribution in [2.24, 2.45) is 5.92 Å². The van der Waals surface area contributed by atoms with E-state index in [1.807, 2.05) is 0 Å². The first kappa shape index (κ1) is 19.4. The van der Waals surface area contributed by atoms with Crippen LogP contribution in [0.4, 0.5) is 0 Å². The van der Waals surface area contributed by atoms with Gasteiger partial charge in [0.05, 0.1) is 18.8 Å². The smallest absolute Gasteiger partial charge is 0.223 e. The molecule has 26 heavy (non-hydrogen) atoms. The van der Waals surface area contributed by atoms with E-state index in [1.54, 1.807) is 0 Å². The quantitative estimate of drug-likeness (QED) is 0.782. The third-order valence-corrected chi connectivity index (χ3v) is 5.86. The van der Waals surface area contributed by atoms with Gasteiger partial charge in [-0.05, 0) is 43.7 Å². The van der Waals surface area contributed by atoms with Crippen LogP contribution in [-0.2, 0) is 16.0 Å². The first-order valence-corrected chi connectivity index (χ1v) is 10.2. The van der Waals surface area contributed by atoms with E-state index in [-0.39, 0.29) is 5.54 Å². The first-order valence-electron chi connectivity index (χ1n) is 10.2. The summed E-state index contributed by atoms with van der Waals surface area (Å²) in [5, 5.41) is 0. The average molecular weight is 359 g/mol. The number of ether oxygens (including phenoxy) is 1. The highest BCUT2D eigenvalue weighted by molar-refractivity contribution is 5.77. The van der Waals surface area contributed by atoms with E-state index in [0.717, 1.165) is 45.4 Å². The normalized spacial score (nSPS) is 20.7. The Bertz CT molecular complexity index is 565. The van der Waals surface area contributed by atoms with Crippen molar-refractivity contribution in [1.29, 1.82) is 0 Å². The van der Waals surface area contributed by atoms with Gasteiger partial charge in [0, 0.05) is 26.1 Å². The molecule has 2 saturated heterocycles. The summed E-state index contributed by atoms with van der Waals surface area (Å²) in [6, 6.07) is 10.7. The number of amides is 1. The lowest BCUT2D eigenvalue weighted by Crippen LogP contribution is -2.63. The van der Waals surface area contributed by atoms with Gasteiger partial charge in [-0.15, -0.1) is 0 Å². The monoisotopic (exact) mass is 358 g/mol. The fourth-order valence-electron chi connectivity index (χ4n) is 4.34. The van der Waals surface area contributed by atoms with Gasteiger partial charge in [-0.2, -0.15) is 0 Å². The Labute approximate surface area is 158 Å². The summed E-state index contributed by atoms with van der Waals surface area (Å²) in [4.78, 5) is 17.5. The number of nitrogens with zero attached hydrogens (tertiary/aromatic N) is 2. The zero-order valence-corrected chi connectivity index (χ0v) is 16.5. The zero-order valence-electron chi connectivity index (χ0n) is 16.5. The Morgan fingerprint density at radius 1 is 1.15 bits per heavy atom. The van der Waals surface area contributed by atoms with Crippen LogP contribution in [0.1, 0.15) is 45.1 Å². The minimum absolute atomic E-state index is 0.0554. The molecule has 0 aliphatic carbocycles. The van der Waals surface area contributed by atoms with Crippen LogP contribution in [0.15, 0.2) is 30.3 Å². The highest BCUT2D eigenvalue weighted by Crippen LogP contribution is 2.33. The third-order valence-electron chi connectivity index (χ3n) is 5.86. The summed E-state index contributed by atoms with van der Waals surface area (Å²) in [5.74, 6) is 0.737. The molecule has 1 spiro atoms. The lowest BCUT2D eigenvalue weighted by atomic mass is 9.84. The van der Waals surface area contributed by atoms with Crippen molar-refractivity contribution < 1.29 is 9.53 Å². The summed E-state index contributed by atoms with van der Waals surface area (Å²) in [7, 11) is 0. The zero-order chi connectivity index (χ0) is 18.4. The molecule has 2 fully saturated rings. The fraction of sp³-hybridized carbons (Fsp3) is 0.682. The number of aryl methyl sites for hydroxylation is 1. The SMILES string of the molecule is CC(C)CC(=O)N1CCOCC12CCN(CCCc1ccccc1)CC2. The number of carbonyl (C=O) groups is 1. The van der Waals surface area contributed by atoms with Crippen molar-refractivity contribution in [1.82, 2.24) is 9.80 Å². The molecule has 1 amide bonds. The van der Waals surface area contributed by atoms with E-state index in [2.05, 4.69) is 54.0 Å². The molecule has 0 bridgehead atoms. The predicted molar refractivity (Wildman–Crippen MR) is 105 cm³/mol. The fourth-order valence-corrected chi connectivity index (χ4v) is 4.34. The Morgan fingerprint density at radius 3 is 2.58 bits per heavy atom. The molecule has 0 N–H and O–H groups in total. The van der Waals surface area contributed by atoms with Gasteiger partial charge in [0.2, 0.25) is 5.91 Å². The Hall–Kier alpha value is -1.39. The molecule has 2 heterocycles. The molecule has 1 aromatic carbocycles. The van der Waals surface area contributed by atoms with Crippen LogP contribution >= 0.6 is 0 Å². The molecule has 2 aliphatic rings. The van der Waals surface area contributed by atoms with Gasteiger partial charge in [0.25, 0.3) is 0 Å². The van der Waals surface area contributed by atoms with E-state index in [9.17, 15) is 4.79 Å². The van der Waals surface area contributed by atoms with Crippen molar-refractivity contribution in [3.63, 3.8) is 0 Å². The van der Waals surface area contributed by atoms with Crippen LogP contribution in [0.5, 0.6) is 0 Å². The molecule has 144 valence electrons. The minimum atomic E-state index is -0.0554. The standard InChI is InChI=1S/C22H34N2O2/c1-19(2)17-21(25)24-15-16-26-18-22(24)10-13-23(14-11-22)12-6-9-20-7-4-3-5-8-20/h3-5,7-8,19H,6,9-18H2,1-2H3. The van der Waals surface area contributed by atoms with Gasteiger partial charge in [-0.3, -0.25) is 4.79 Å². The number of piperidine rings is 1. The minimum Gasteiger partial charge on any atom is -0.377 e. The van der Waals surface area contributed by atoms with Crippen molar-refractivity contribution >= 4 is 5.91 Å². The maximum absolute atomic E-state index is 12.7. The molecular weight excluding hydrogens is 324 g/mol. The van der Waals surface area contributed by atoms with Gasteiger partial charge in [-0.25, -0.2) is 0 Å². The van der Waals surface area contributed by atoms with Crippen LogP contribution in [-0.4, -0.2) is 60.6 Å². The van der Waals surface area contributed by atoms with Crippen LogP contribution in [0, 0.1) is 5.92 Å². The second-order valence-electron chi connectivity index (χ2n) is 8.35. The number of rotatable bonds is 6. The van der Waals surface area contributed by atoms with Gasteiger partial charge < -0.3 is 14.5 Å². The molecule has 4 nitrogen and oxygen atoms in total. The van der Waals surface area contributed by atoms with Crippen molar-refractivity contribution in [3.05, 3.63) is 35.9 Å². The highest BCUT2D eigenvalue weighted by Gasteiger charge is 2.44. The van der Waals surface area contributed by atoms with Gasteiger partial charge in [-0.1, -0.05) is 44.2 Å². The molecule has 0 atom stereocenters. The average Bonchev–Trinajstić information content (AvgIpc) is 2.64. The number of likely N-dealkylation sites (tertiary alicyclic amines) is 1. The van der Waals surface area contributed by atoms with Crippen LogP contribution in [0.3, 0.4) is 0 Å². The molecule has 4 heteroatoms. The third kappa shape index (κ3) is 4.86. The molecule has 0 unspecified atom stereocenters. The lowest BCUT2D eigenvalue weighted by molar-refractivity contribution is -0.155. The highest BCUT2D eigenvalue weighted by atomic mass is 16.5. The molecule has 1 aromatic rings. The molecule has 0 radical (unpaired) electrons. The van der Waals surface area contributed by atoms with E-state index < -0.39 is 0 Å². The second-order valence-corrected chi connectivity index (χ2v) is 8.35. The Balaban J connectivity index is 1.49. The van der Waals surface area contributed by atoms with Crippen molar-refractivity contribution in [3.8, 4) is 0 Å². The largest absolute Gasteiger partial charge is 0.377 e. The lowest BCUT2D eigenvalue weighted by Gasteiger charge is -2.51. The van der Waals surface area contributed by atoms with Gasteiger partial charge >= 0.3 is 0 Å². The van der Waals surface area contributed by atoms with Crippen LogP contribution in [0.25, 0.3) is 0 Å². The maximum Gasteiger partial charge on any atom is 0.223 e. The van der Waals surface area contributed by atoms with E-state index in [1.165, 1.54) is 12.0 Å². The van der Waals surface area contributed by atoms with Crippen molar-refractivity contribution in [2.75, 3.05) is 39.4 Å². The van der Waals surface area contributed by atoms with Crippen LogP contribution in [0.2, 0.25) is 0 Å². The summed E-state index contributed by atoms with van der Waals surface area (Å²) in [6.45, 7) is 9.71.